The van der Waals surface area contributed by atoms with Crippen LogP contribution in [0.25, 0.3) is 5.65 Å². The lowest BCUT2D eigenvalue weighted by Crippen LogP contribution is -2.12. The van der Waals surface area contributed by atoms with Crippen molar-refractivity contribution in [2.75, 3.05) is 0 Å². The van der Waals surface area contributed by atoms with Crippen LogP contribution in [0, 0.1) is 0 Å². The van der Waals surface area contributed by atoms with Crippen molar-refractivity contribution >= 4 is 17.4 Å². The van der Waals surface area contributed by atoms with E-state index in [1.54, 1.807) is 17.8 Å². The fourth-order valence-electron chi connectivity index (χ4n) is 1.09. The number of rotatable bonds is 2. The molecule has 14 heavy (non-hydrogen) atoms. The molecule has 0 spiro atoms. The van der Waals surface area contributed by atoms with Crippen molar-refractivity contribution in [3.63, 3.8) is 0 Å². The molecule has 2 rings (SSSR count). The normalized spacial score (nSPS) is 11.4. The minimum Gasteiger partial charge on any atom is -0.244 e. The van der Waals surface area contributed by atoms with E-state index in [0.717, 1.165) is 5.03 Å². The molecule has 0 fully saturated rings. The Balaban J connectivity index is 2.49. The topological polar surface area (TPSA) is 63.0 Å². The fourth-order valence-corrected chi connectivity index (χ4v) is 1.85. The molecule has 1 N–H and O–H groups in total. The van der Waals surface area contributed by atoms with Gasteiger partial charge in [0.2, 0.25) is 0 Å². The van der Waals surface area contributed by atoms with E-state index in [0.29, 0.717) is 10.9 Å². The van der Waals surface area contributed by atoms with Gasteiger partial charge in [0.25, 0.3) is 0 Å². The van der Waals surface area contributed by atoms with Crippen molar-refractivity contribution in [2.45, 2.75) is 24.1 Å². The van der Waals surface area contributed by atoms with Crippen LogP contribution in [0.15, 0.2) is 22.0 Å². The Labute approximate surface area is 84.5 Å². The molecule has 74 valence electrons. The van der Waals surface area contributed by atoms with Gasteiger partial charge in [-0.25, -0.2) is 9.89 Å². The van der Waals surface area contributed by atoms with Crippen LogP contribution < -0.4 is 5.69 Å². The number of aromatic amines is 1. The number of hydrogen-bond acceptors (Lipinski definition) is 4. The van der Waals surface area contributed by atoms with E-state index in [9.17, 15) is 4.79 Å². The smallest absolute Gasteiger partial charge is 0.244 e. The van der Waals surface area contributed by atoms with Crippen molar-refractivity contribution in [2.24, 2.45) is 0 Å². The summed E-state index contributed by atoms with van der Waals surface area (Å²) in [6, 6.07) is 3.63. The molecule has 0 atom stereocenters. The highest BCUT2D eigenvalue weighted by atomic mass is 32.2. The molecule has 0 aliphatic rings. The van der Waals surface area contributed by atoms with Crippen molar-refractivity contribution in [3.05, 3.63) is 22.6 Å². The highest BCUT2D eigenvalue weighted by molar-refractivity contribution is 7.99. The predicted molar refractivity (Wildman–Crippen MR) is 54.6 cm³/mol. The molecule has 0 amide bonds. The second kappa shape index (κ2) is 3.45. The predicted octanol–water partition coefficient (Wildman–Crippen LogP) is 0.918. The second-order valence-corrected chi connectivity index (χ2v) is 4.73. The van der Waals surface area contributed by atoms with Gasteiger partial charge in [0.1, 0.15) is 5.03 Å². The van der Waals surface area contributed by atoms with Crippen LogP contribution in [0.4, 0.5) is 0 Å². The lowest BCUT2D eigenvalue weighted by Gasteiger charge is -2.02. The number of thioether (sulfide) groups is 1. The van der Waals surface area contributed by atoms with Crippen LogP contribution in [0.1, 0.15) is 13.8 Å². The Bertz CT molecular complexity index is 501. The first-order valence-electron chi connectivity index (χ1n) is 4.28. The van der Waals surface area contributed by atoms with Gasteiger partial charge in [-0.2, -0.15) is 14.7 Å². The summed E-state index contributed by atoms with van der Waals surface area (Å²) < 4.78 is 1.27. The first kappa shape index (κ1) is 9.26. The molecule has 0 saturated carbocycles. The monoisotopic (exact) mass is 210 g/mol. The molecule has 0 aliphatic heterocycles. The van der Waals surface area contributed by atoms with Crippen LogP contribution in [0.5, 0.6) is 0 Å². The van der Waals surface area contributed by atoms with E-state index in [-0.39, 0.29) is 5.69 Å². The Kier molecular flexibility index (Phi) is 2.28. The molecule has 2 aromatic heterocycles. The first-order chi connectivity index (χ1) is 6.66. The second-order valence-electron chi connectivity index (χ2n) is 3.14. The highest BCUT2D eigenvalue weighted by Gasteiger charge is 2.04. The average Bonchev–Trinajstić information content (AvgIpc) is 2.47. The van der Waals surface area contributed by atoms with Crippen molar-refractivity contribution in [1.29, 1.82) is 0 Å². The zero-order chi connectivity index (χ0) is 10.1. The molecule has 0 aromatic carbocycles. The Hall–Kier alpha value is -1.30. The van der Waals surface area contributed by atoms with Gasteiger partial charge >= 0.3 is 5.69 Å². The SMILES string of the molecule is CC(C)Sc1ccc2n[nH]c(=O)n2n1. The number of H-pyrrole nitrogens is 1. The molecule has 0 radical (unpaired) electrons. The van der Waals surface area contributed by atoms with E-state index in [2.05, 4.69) is 29.1 Å². The summed E-state index contributed by atoms with van der Waals surface area (Å²) in [6.07, 6.45) is 0. The third-order valence-corrected chi connectivity index (χ3v) is 2.54. The van der Waals surface area contributed by atoms with Gasteiger partial charge in [0.05, 0.1) is 0 Å². The maximum absolute atomic E-state index is 11.2. The van der Waals surface area contributed by atoms with Crippen molar-refractivity contribution in [1.82, 2.24) is 19.8 Å². The van der Waals surface area contributed by atoms with Gasteiger partial charge in [-0.05, 0) is 12.1 Å². The fraction of sp³-hybridized carbons (Fsp3) is 0.375. The van der Waals surface area contributed by atoms with E-state index < -0.39 is 0 Å². The van der Waals surface area contributed by atoms with Crippen molar-refractivity contribution in [3.8, 4) is 0 Å². The summed E-state index contributed by atoms with van der Waals surface area (Å²) in [5.41, 5.74) is 0.245. The molecular formula is C8H10N4OS. The van der Waals surface area contributed by atoms with Crippen LogP contribution in [-0.4, -0.2) is 25.1 Å². The minimum atomic E-state index is -0.300. The van der Waals surface area contributed by atoms with Crippen molar-refractivity contribution < 1.29 is 0 Å². The molecule has 5 nitrogen and oxygen atoms in total. The molecule has 0 saturated heterocycles. The molecule has 0 aliphatic carbocycles. The zero-order valence-electron chi connectivity index (χ0n) is 7.89. The lowest BCUT2D eigenvalue weighted by atomic mass is 10.6. The van der Waals surface area contributed by atoms with Crippen LogP contribution in [-0.2, 0) is 0 Å². The van der Waals surface area contributed by atoms with E-state index in [1.807, 2.05) is 6.07 Å². The standard InChI is InChI=1S/C8H10N4OS/c1-5(2)14-7-4-3-6-9-10-8(13)12(6)11-7/h3-5H,1-2H3,(H,10,13). The third kappa shape index (κ3) is 1.65. The summed E-state index contributed by atoms with van der Waals surface area (Å²) in [6.45, 7) is 4.16. The third-order valence-electron chi connectivity index (χ3n) is 1.61. The van der Waals surface area contributed by atoms with Gasteiger partial charge in [0, 0.05) is 5.25 Å². The maximum atomic E-state index is 11.2. The quantitative estimate of drug-likeness (QED) is 0.749. The van der Waals surface area contributed by atoms with Gasteiger partial charge in [-0.15, -0.1) is 11.8 Å². The molecule has 0 bridgehead atoms. The number of nitrogens with zero attached hydrogens (tertiary/aromatic N) is 3. The lowest BCUT2D eigenvalue weighted by molar-refractivity contribution is 0.818. The van der Waals surface area contributed by atoms with E-state index in [4.69, 9.17) is 0 Å². The molecule has 2 aromatic rings. The number of aromatic nitrogens is 4. The molecule has 0 unspecified atom stereocenters. The first-order valence-corrected chi connectivity index (χ1v) is 5.16. The minimum absolute atomic E-state index is 0.300. The van der Waals surface area contributed by atoms with Crippen LogP contribution >= 0.6 is 11.8 Å². The summed E-state index contributed by atoms with van der Waals surface area (Å²) in [5.74, 6) is 0. The summed E-state index contributed by atoms with van der Waals surface area (Å²) in [4.78, 5) is 11.2. The number of fused-ring (bicyclic) bond motifs is 1. The molecule has 2 heterocycles. The Morgan fingerprint density at radius 2 is 2.29 bits per heavy atom. The van der Waals surface area contributed by atoms with Crippen LogP contribution in [0.3, 0.4) is 0 Å². The zero-order valence-corrected chi connectivity index (χ0v) is 8.71. The van der Waals surface area contributed by atoms with Gasteiger partial charge in [0.15, 0.2) is 5.65 Å². The van der Waals surface area contributed by atoms with E-state index in [1.165, 1.54) is 4.52 Å². The summed E-state index contributed by atoms with van der Waals surface area (Å²) >= 11 is 1.61. The Morgan fingerprint density at radius 1 is 1.50 bits per heavy atom. The summed E-state index contributed by atoms with van der Waals surface area (Å²) in [7, 11) is 0. The largest absolute Gasteiger partial charge is 0.364 e. The number of nitrogens with one attached hydrogen (secondary N) is 1. The maximum Gasteiger partial charge on any atom is 0.364 e. The van der Waals surface area contributed by atoms with E-state index >= 15 is 0 Å². The highest BCUT2D eigenvalue weighted by Crippen LogP contribution is 2.19. The van der Waals surface area contributed by atoms with Crippen LogP contribution in [0.2, 0.25) is 0 Å². The average molecular weight is 210 g/mol. The molecular weight excluding hydrogens is 200 g/mol. The number of hydrogen-bond donors (Lipinski definition) is 1. The summed E-state index contributed by atoms with van der Waals surface area (Å²) in [5, 5.41) is 11.6. The van der Waals surface area contributed by atoms with Gasteiger partial charge < -0.3 is 0 Å². The Morgan fingerprint density at radius 3 is 3.00 bits per heavy atom. The van der Waals surface area contributed by atoms with Gasteiger partial charge in [-0.1, -0.05) is 13.8 Å². The molecule has 6 heteroatoms. The van der Waals surface area contributed by atoms with Gasteiger partial charge in [-0.3, -0.25) is 0 Å².